The van der Waals surface area contributed by atoms with Gasteiger partial charge in [0, 0.05) is 43.3 Å². The van der Waals surface area contributed by atoms with Gasteiger partial charge in [0.15, 0.2) is 0 Å². The topological polar surface area (TPSA) is 67.9 Å². The van der Waals surface area contributed by atoms with Crippen LogP contribution >= 0.6 is 0 Å². The first-order chi connectivity index (χ1) is 14.7. The molecule has 2 unspecified atom stereocenters. The molecule has 1 N–H and O–H groups in total. The summed E-state index contributed by atoms with van der Waals surface area (Å²) >= 11 is 0. The number of rotatable bonds is 6. The molecule has 2 atom stereocenters. The van der Waals surface area contributed by atoms with Crippen LogP contribution in [0.3, 0.4) is 0 Å². The van der Waals surface area contributed by atoms with Crippen LogP contribution in [0.25, 0.3) is 0 Å². The van der Waals surface area contributed by atoms with Crippen molar-refractivity contribution in [3.63, 3.8) is 0 Å². The van der Waals surface area contributed by atoms with Gasteiger partial charge in [-0.2, -0.15) is 0 Å². The number of nitrogens with one attached hydrogen (secondary N) is 1. The zero-order valence-corrected chi connectivity index (χ0v) is 18.7. The van der Waals surface area contributed by atoms with Crippen molar-refractivity contribution in [3.05, 3.63) is 35.1 Å². The van der Waals surface area contributed by atoms with Crippen LogP contribution < -0.4 is 5.32 Å². The molecule has 170 valence electrons. The summed E-state index contributed by atoms with van der Waals surface area (Å²) in [7, 11) is 0. The average Bonchev–Trinajstić information content (AvgIpc) is 3.61. The smallest absolute Gasteiger partial charge is 0.410 e. The molecule has 0 bridgehead atoms. The number of carbonyl (C=O) groups excluding carboxylic acids is 2. The lowest BCUT2D eigenvalue weighted by molar-refractivity contribution is 0.0220. The number of benzene rings is 1. The lowest BCUT2D eigenvalue weighted by Crippen LogP contribution is -2.40. The summed E-state index contributed by atoms with van der Waals surface area (Å²) in [6.07, 6.45) is 4.17. The minimum atomic E-state index is -0.573. The van der Waals surface area contributed by atoms with E-state index in [1.807, 2.05) is 20.8 Å². The van der Waals surface area contributed by atoms with E-state index in [2.05, 4.69) is 5.32 Å². The van der Waals surface area contributed by atoms with E-state index in [1.54, 1.807) is 11.0 Å². The van der Waals surface area contributed by atoms with Crippen molar-refractivity contribution in [2.45, 2.75) is 76.5 Å². The van der Waals surface area contributed by atoms with Gasteiger partial charge in [0.1, 0.15) is 11.4 Å². The number of halogens is 1. The van der Waals surface area contributed by atoms with Gasteiger partial charge >= 0.3 is 6.09 Å². The molecule has 3 aliphatic rings. The second-order valence-corrected chi connectivity index (χ2v) is 10.1. The Hall–Kier alpha value is -2.15. The summed E-state index contributed by atoms with van der Waals surface area (Å²) in [5.74, 6) is -0.115. The van der Waals surface area contributed by atoms with Gasteiger partial charge < -0.3 is 19.7 Å². The van der Waals surface area contributed by atoms with E-state index >= 15 is 0 Å². The van der Waals surface area contributed by atoms with Crippen LogP contribution in [0.1, 0.15) is 74.7 Å². The summed E-state index contributed by atoms with van der Waals surface area (Å²) in [6.45, 7) is 7.50. The highest BCUT2D eigenvalue weighted by Gasteiger charge is 2.48. The molecule has 0 spiro atoms. The molecule has 4 rings (SSSR count). The van der Waals surface area contributed by atoms with Crippen molar-refractivity contribution in [3.8, 4) is 0 Å². The summed E-state index contributed by atoms with van der Waals surface area (Å²) < 4.78 is 25.6. The van der Waals surface area contributed by atoms with Crippen molar-refractivity contribution >= 4 is 12.0 Å². The maximum Gasteiger partial charge on any atom is 0.410 e. The highest BCUT2D eigenvalue weighted by Crippen LogP contribution is 2.47. The van der Waals surface area contributed by atoms with Crippen LogP contribution in [0.2, 0.25) is 0 Å². The Kier molecular flexibility index (Phi) is 6.24. The Morgan fingerprint density at radius 1 is 1.19 bits per heavy atom. The van der Waals surface area contributed by atoms with E-state index in [0.29, 0.717) is 43.2 Å². The highest BCUT2D eigenvalue weighted by molar-refractivity contribution is 5.94. The largest absolute Gasteiger partial charge is 0.444 e. The van der Waals surface area contributed by atoms with Crippen molar-refractivity contribution in [2.75, 3.05) is 19.8 Å². The monoisotopic (exact) mass is 432 g/mol. The van der Waals surface area contributed by atoms with Crippen molar-refractivity contribution < 1.29 is 23.5 Å². The Balaban J connectivity index is 1.45. The van der Waals surface area contributed by atoms with E-state index < -0.39 is 5.60 Å². The van der Waals surface area contributed by atoms with Crippen molar-refractivity contribution in [1.82, 2.24) is 10.2 Å². The number of amides is 2. The molecule has 1 aliphatic heterocycles. The first kappa shape index (κ1) is 22.1. The Bertz CT molecular complexity index is 827. The first-order valence-electron chi connectivity index (χ1n) is 11.4. The summed E-state index contributed by atoms with van der Waals surface area (Å²) in [4.78, 5) is 27.3. The molecule has 3 fully saturated rings. The van der Waals surface area contributed by atoms with Crippen molar-refractivity contribution in [2.24, 2.45) is 5.92 Å². The fourth-order valence-corrected chi connectivity index (χ4v) is 4.18. The Morgan fingerprint density at radius 2 is 1.90 bits per heavy atom. The molecule has 2 aliphatic carbocycles. The normalized spacial score (nSPS) is 23.9. The molecule has 0 radical (unpaired) electrons. The molecule has 1 heterocycles. The maximum absolute atomic E-state index is 14.7. The second kappa shape index (κ2) is 8.77. The lowest BCUT2D eigenvalue weighted by atomic mass is 10.0. The number of carbonyl (C=O) groups is 2. The van der Waals surface area contributed by atoms with E-state index in [9.17, 15) is 14.0 Å². The zero-order chi connectivity index (χ0) is 22.2. The van der Waals surface area contributed by atoms with Gasteiger partial charge in [0.05, 0.1) is 0 Å². The molecule has 2 amide bonds. The van der Waals surface area contributed by atoms with Crippen LogP contribution in [-0.4, -0.2) is 54.3 Å². The minimum Gasteiger partial charge on any atom is -0.444 e. The fourth-order valence-electron chi connectivity index (χ4n) is 4.18. The summed E-state index contributed by atoms with van der Waals surface area (Å²) in [5.41, 5.74) is 0.394. The van der Waals surface area contributed by atoms with Crippen LogP contribution in [0.15, 0.2) is 18.2 Å². The molecular weight excluding hydrogens is 399 g/mol. The summed E-state index contributed by atoms with van der Waals surface area (Å²) in [5, 5.41) is 3.03. The Morgan fingerprint density at radius 3 is 2.55 bits per heavy atom. The predicted octanol–water partition coefficient (Wildman–Crippen LogP) is 4.24. The zero-order valence-electron chi connectivity index (χ0n) is 18.7. The van der Waals surface area contributed by atoms with E-state index in [1.165, 1.54) is 12.1 Å². The van der Waals surface area contributed by atoms with Crippen molar-refractivity contribution in [1.29, 1.82) is 0 Å². The third-order valence-corrected chi connectivity index (χ3v) is 6.15. The van der Waals surface area contributed by atoms with Crippen LogP contribution in [-0.2, 0) is 9.47 Å². The predicted molar refractivity (Wildman–Crippen MR) is 115 cm³/mol. The van der Waals surface area contributed by atoms with Gasteiger partial charge in [0.25, 0.3) is 5.91 Å². The molecule has 1 aromatic carbocycles. The van der Waals surface area contributed by atoms with E-state index in [0.717, 1.165) is 25.7 Å². The van der Waals surface area contributed by atoms with E-state index in [4.69, 9.17) is 9.47 Å². The Labute approximate surface area is 183 Å². The van der Waals surface area contributed by atoms with Gasteiger partial charge in [0.2, 0.25) is 0 Å². The molecule has 1 saturated heterocycles. The number of hydrogen-bond donors (Lipinski definition) is 1. The molecule has 0 aromatic heterocycles. The highest BCUT2D eigenvalue weighted by atomic mass is 19.1. The van der Waals surface area contributed by atoms with Gasteiger partial charge in [-0.05, 0) is 82.6 Å². The third-order valence-electron chi connectivity index (χ3n) is 6.15. The quantitative estimate of drug-likeness (QED) is 0.730. The van der Waals surface area contributed by atoms with E-state index in [-0.39, 0.29) is 35.8 Å². The van der Waals surface area contributed by atoms with Gasteiger partial charge in [-0.1, -0.05) is 0 Å². The number of ether oxygens (including phenoxy) is 2. The van der Waals surface area contributed by atoms with Crippen LogP contribution in [0, 0.1) is 11.7 Å². The average molecular weight is 433 g/mol. The van der Waals surface area contributed by atoms with Crippen LogP contribution in [0.5, 0.6) is 0 Å². The third kappa shape index (κ3) is 5.76. The number of nitrogens with zero attached hydrogens (tertiary/aromatic N) is 1. The second-order valence-electron chi connectivity index (χ2n) is 10.1. The SMILES string of the molecule is CC(C)(C)OC(=O)N(CC1CC1)C1CC1c1cc(C(=O)NC2CCOCC2)ccc1F. The maximum atomic E-state index is 14.7. The van der Waals surface area contributed by atoms with Gasteiger partial charge in [-0.15, -0.1) is 0 Å². The van der Waals surface area contributed by atoms with Crippen LogP contribution in [0.4, 0.5) is 9.18 Å². The molecule has 1 aromatic rings. The molecule has 7 heteroatoms. The first-order valence-corrected chi connectivity index (χ1v) is 11.4. The minimum absolute atomic E-state index is 0.0845. The molecular formula is C24H33FN2O4. The van der Waals surface area contributed by atoms with Gasteiger partial charge in [-0.3, -0.25) is 4.79 Å². The standard InChI is InChI=1S/C24H33FN2O4/c1-24(2,3)31-23(29)27(14-15-4-5-15)21-13-19(21)18-12-16(6-7-20(18)25)22(28)26-17-8-10-30-11-9-17/h6-7,12,15,17,19,21H,4-5,8-11,13-14H2,1-3H3,(H,26,28). The molecule has 31 heavy (non-hydrogen) atoms. The summed E-state index contributed by atoms with van der Waals surface area (Å²) in [6, 6.07) is 4.55. The molecule has 6 nitrogen and oxygen atoms in total. The van der Waals surface area contributed by atoms with Gasteiger partial charge in [-0.25, -0.2) is 9.18 Å². The number of hydrogen-bond acceptors (Lipinski definition) is 4. The fraction of sp³-hybridized carbons (Fsp3) is 0.667. The lowest BCUT2D eigenvalue weighted by Gasteiger charge is -2.28. The molecule has 2 saturated carbocycles.